The molecule has 2 N–H and O–H groups in total. The Morgan fingerprint density at radius 1 is 1.35 bits per heavy atom. The Labute approximate surface area is 118 Å². The van der Waals surface area contributed by atoms with Crippen molar-refractivity contribution < 1.29 is 19.4 Å². The molecule has 1 aromatic rings. The maximum atomic E-state index is 11.2. The summed E-state index contributed by atoms with van der Waals surface area (Å²) in [7, 11) is 0. The van der Waals surface area contributed by atoms with E-state index in [1.807, 2.05) is 32.0 Å². The Morgan fingerprint density at radius 3 is 2.80 bits per heavy atom. The number of carbonyl (C=O) groups is 1. The molecule has 20 heavy (non-hydrogen) atoms. The third-order valence-electron chi connectivity index (χ3n) is 3.30. The van der Waals surface area contributed by atoms with E-state index in [1.54, 1.807) is 0 Å². The molecule has 5 nitrogen and oxygen atoms in total. The molecule has 0 saturated heterocycles. The molecular weight excluding hydrogens is 258 g/mol. The highest BCUT2D eigenvalue weighted by Crippen LogP contribution is 2.33. The molecule has 110 valence electrons. The summed E-state index contributed by atoms with van der Waals surface area (Å²) < 4.78 is 11.3. The van der Waals surface area contributed by atoms with E-state index in [0.717, 1.165) is 23.5 Å². The maximum absolute atomic E-state index is 11.2. The summed E-state index contributed by atoms with van der Waals surface area (Å²) in [6.45, 7) is 5.49. The minimum absolute atomic E-state index is 0.0204. The van der Waals surface area contributed by atoms with Crippen molar-refractivity contribution in [3.8, 4) is 11.5 Å². The minimum Gasteiger partial charge on any atom is -0.490 e. The van der Waals surface area contributed by atoms with Crippen LogP contribution in [0.15, 0.2) is 18.2 Å². The van der Waals surface area contributed by atoms with Gasteiger partial charge in [-0.3, -0.25) is 10.1 Å². The van der Waals surface area contributed by atoms with Gasteiger partial charge < -0.3 is 14.6 Å². The quantitative estimate of drug-likeness (QED) is 0.863. The smallest absolute Gasteiger partial charge is 0.320 e. The Hall–Kier alpha value is -1.75. The molecule has 1 aromatic carbocycles. The van der Waals surface area contributed by atoms with Crippen molar-refractivity contribution in [1.29, 1.82) is 0 Å². The number of carboxylic acid groups (broad SMARTS) is 1. The van der Waals surface area contributed by atoms with Crippen LogP contribution in [0.5, 0.6) is 11.5 Å². The van der Waals surface area contributed by atoms with Crippen molar-refractivity contribution in [3.63, 3.8) is 0 Å². The van der Waals surface area contributed by atoms with Crippen LogP contribution in [0.1, 0.15) is 25.8 Å². The van der Waals surface area contributed by atoms with Gasteiger partial charge in [0.05, 0.1) is 13.2 Å². The lowest BCUT2D eigenvalue weighted by Crippen LogP contribution is -2.40. The third kappa shape index (κ3) is 3.42. The van der Waals surface area contributed by atoms with E-state index in [9.17, 15) is 9.90 Å². The topological polar surface area (TPSA) is 67.8 Å². The van der Waals surface area contributed by atoms with E-state index in [1.165, 1.54) is 0 Å². The van der Waals surface area contributed by atoms with Crippen LogP contribution in [0.3, 0.4) is 0 Å². The summed E-state index contributed by atoms with van der Waals surface area (Å²) in [4.78, 5) is 11.2. The molecule has 5 heteroatoms. The van der Waals surface area contributed by atoms with Gasteiger partial charge in [0, 0.05) is 18.5 Å². The summed E-state index contributed by atoms with van der Waals surface area (Å²) in [5, 5.41) is 12.3. The van der Waals surface area contributed by atoms with Gasteiger partial charge in [-0.15, -0.1) is 0 Å². The molecule has 1 aliphatic heterocycles. The predicted octanol–water partition coefficient (Wildman–Crippen LogP) is 2.05. The fourth-order valence-electron chi connectivity index (χ4n) is 2.22. The zero-order chi connectivity index (χ0) is 14.5. The summed E-state index contributed by atoms with van der Waals surface area (Å²) in [5.41, 5.74) is 0.927. The number of fused-ring (bicyclic) bond motifs is 1. The molecule has 1 heterocycles. The number of carboxylic acids is 1. The van der Waals surface area contributed by atoms with Crippen molar-refractivity contribution in [3.05, 3.63) is 23.8 Å². The second kappa shape index (κ2) is 6.61. The standard InChI is InChI=1S/C15H21NO4/c1-10(2)13(15(17)18)16-9-11-5-3-6-12-14(11)20-8-4-7-19-12/h3,5-6,10,13,16H,4,7-9H2,1-2H3,(H,17,18). The van der Waals surface area contributed by atoms with E-state index in [2.05, 4.69) is 5.32 Å². The SMILES string of the molecule is CC(C)C(NCc1cccc2c1OCCCO2)C(=O)O. The molecule has 0 bridgehead atoms. The first kappa shape index (κ1) is 14.7. The van der Waals surface area contributed by atoms with Gasteiger partial charge in [0.15, 0.2) is 11.5 Å². The van der Waals surface area contributed by atoms with E-state index < -0.39 is 12.0 Å². The molecule has 0 spiro atoms. The van der Waals surface area contributed by atoms with Crippen molar-refractivity contribution in [1.82, 2.24) is 5.32 Å². The van der Waals surface area contributed by atoms with Crippen LogP contribution in [0.2, 0.25) is 0 Å². The van der Waals surface area contributed by atoms with Crippen LogP contribution in [0, 0.1) is 5.92 Å². The van der Waals surface area contributed by atoms with E-state index in [-0.39, 0.29) is 5.92 Å². The maximum Gasteiger partial charge on any atom is 0.320 e. The van der Waals surface area contributed by atoms with Gasteiger partial charge in [-0.2, -0.15) is 0 Å². The van der Waals surface area contributed by atoms with Crippen LogP contribution in [0.25, 0.3) is 0 Å². The molecule has 0 aromatic heterocycles. The number of para-hydroxylation sites is 1. The van der Waals surface area contributed by atoms with Gasteiger partial charge in [0.2, 0.25) is 0 Å². The van der Waals surface area contributed by atoms with Gasteiger partial charge in [0.1, 0.15) is 6.04 Å². The first-order valence-electron chi connectivity index (χ1n) is 6.93. The van der Waals surface area contributed by atoms with Crippen molar-refractivity contribution in [2.24, 2.45) is 5.92 Å². The average Bonchev–Trinajstić information content (AvgIpc) is 2.63. The second-order valence-corrected chi connectivity index (χ2v) is 5.24. The fraction of sp³-hybridized carbons (Fsp3) is 0.533. The van der Waals surface area contributed by atoms with Gasteiger partial charge in [-0.25, -0.2) is 0 Å². The number of aliphatic carboxylic acids is 1. The Morgan fingerprint density at radius 2 is 2.10 bits per heavy atom. The average molecular weight is 279 g/mol. The Bertz CT molecular complexity index is 473. The second-order valence-electron chi connectivity index (χ2n) is 5.24. The molecular formula is C15H21NO4. The molecule has 2 rings (SSSR count). The number of benzene rings is 1. The Kier molecular flexibility index (Phi) is 4.84. The number of ether oxygens (including phenoxy) is 2. The van der Waals surface area contributed by atoms with E-state index in [0.29, 0.717) is 19.8 Å². The number of nitrogens with one attached hydrogen (secondary N) is 1. The van der Waals surface area contributed by atoms with Crippen LogP contribution in [-0.4, -0.2) is 30.3 Å². The van der Waals surface area contributed by atoms with Crippen molar-refractivity contribution >= 4 is 5.97 Å². The van der Waals surface area contributed by atoms with Crippen LogP contribution in [-0.2, 0) is 11.3 Å². The molecule has 0 fully saturated rings. The van der Waals surface area contributed by atoms with E-state index >= 15 is 0 Å². The third-order valence-corrected chi connectivity index (χ3v) is 3.30. The van der Waals surface area contributed by atoms with Crippen LogP contribution in [0.4, 0.5) is 0 Å². The summed E-state index contributed by atoms with van der Waals surface area (Å²) in [5.74, 6) is 0.648. The molecule has 1 aliphatic rings. The highest BCUT2D eigenvalue weighted by Gasteiger charge is 2.22. The van der Waals surface area contributed by atoms with Crippen molar-refractivity contribution in [2.45, 2.75) is 32.9 Å². The lowest BCUT2D eigenvalue weighted by molar-refractivity contribution is -0.140. The number of hydrogen-bond acceptors (Lipinski definition) is 4. The van der Waals surface area contributed by atoms with Gasteiger partial charge in [-0.1, -0.05) is 26.0 Å². The van der Waals surface area contributed by atoms with Gasteiger partial charge in [0.25, 0.3) is 0 Å². The lowest BCUT2D eigenvalue weighted by atomic mass is 10.0. The number of rotatable bonds is 5. The zero-order valence-electron chi connectivity index (χ0n) is 11.9. The summed E-state index contributed by atoms with van der Waals surface area (Å²) >= 11 is 0. The van der Waals surface area contributed by atoms with Crippen LogP contribution >= 0.6 is 0 Å². The lowest BCUT2D eigenvalue weighted by Gasteiger charge is -2.19. The largest absolute Gasteiger partial charge is 0.490 e. The Balaban J connectivity index is 2.11. The van der Waals surface area contributed by atoms with Crippen molar-refractivity contribution in [2.75, 3.05) is 13.2 Å². The zero-order valence-corrected chi connectivity index (χ0v) is 11.9. The number of hydrogen-bond donors (Lipinski definition) is 2. The predicted molar refractivity (Wildman–Crippen MR) is 75.2 cm³/mol. The monoisotopic (exact) mass is 279 g/mol. The van der Waals surface area contributed by atoms with Crippen LogP contribution < -0.4 is 14.8 Å². The highest BCUT2D eigenvalue weighted by molar-refractivity contribution is 5.73. The summed E-state index contributed by atoms with van der Waals surface area (Å²) in [6, 6.07) is 5.13. The first-order chi connectivity index (χ1) is 9.59. The van der Waals surface area contributed by atoms with Gasteiger partial charge in [-0.05, 0) is 12.0 Å². The van der Waals surface area contributed by atoms with Gasteiger partial charge >= 0.3 is 5.97 Å². The fourth-order valence-corrected chi connectivity index (χ4v) is 2.22. The highest BCUT2D eigenvalue weighted by atomic mass is 16.5. The molecule has 0 amide bonds. The normalized spacial score (nSPS) is 15.8. The molecule has 0 saturated carbocycles. The first-order valence-corrected chi connectivity index (χ1v) is 6.93. The molecule has 1 unspecified atom stereocenters. The minimum atomic E-state index is -0.834. The van der Waals surface area contributed by atoms with E-state index in [4.69, 9.17) is 9.47 Å². The molecule has 0 radical (unpaired) electrons. The molecule has 0 aliphatic carbocycles. The summed E-state index contributed by atoms with van der Waals surface area (Å²) in [6.07, 6.45) is 0.852. The molecule has 1 atom stereocenters.